The summed E-state index contributed by atoms with van der Waals surface area (Å²) in [7, 11) is 1.31. The first-order chi connectivity index (χ1) is 11.7. The maximum absolute atomic E-state index is 11.4. The lowest BCUT2D eigenvalue weighted by molar-refractivity contribution is 0.0593. The SMILES string of the molecule is COC(=O)c1ccn(Cc2cn(CC(O)c3ccccc3)nn2)n1. The second kappa shape index (κ2) is 7.05. The van der Waals surface area contributed by atoms with Gasteiger partial charge in [-0.1, -0.05) is 35.5 Å². The number of hydrogen-bond donors (Lipinski definition) is 1. The zero-order valence-electron chi connectivity index (χ0n) is 13.1. The van der Waals surface area contributed by atoms with Crippen LogP contribution in [0.25, 0.3) is 0 Å². The van der Waals surface area contributed by atoms with E-state index < -0.39 is 12.1 Å². The van der Waals surface area contributed by atoms with Crippen LogP contribution in [0.15, 0.2) is 48.8 Å². The van der Waals surface area contributed by atoms with Crippen molar-refractivity contribution in [1.82, 2.24) is 24.8 Å². The Bertz CT molecular complexity index is 812. The van der Waals surface area contributed by atoms with Gasteiger partial charge >= 0.3 is 5.97 Å². The highest BCUT2D eigenvalue weighted by atomic mass is 16.5. The van der Waals surface area contributed by atoms with E-state index in [0.717, 1.165) is 5.56 Å². The van der Waals surface area contributed by atoms with Gasteiger partial charge in [0.1, 0.15) is 5.69 Å². The molecular formula is C16H17N5O3. The lowest BCUT2D eigenvalue weighted by Gasteiger charge is -2.09. The van der Waals surface area contributed by atoms with Crippen molar-refractivity contribution in [3.63, 3.8) is 0 Å². The van der Waals surface area contributed by atoms with Crippen molar-refractivity contribution in [3.05, 3.63) is 65.7 Å². The van der Waals surface area contributed by atoms with Crippen LogP contribution in [0.4, 0.5) is 0 Å². The quantitative estimate of drug-likeness (QED) is 0.680. The summed E-state index contributed by atoms with van der Waals surface area (Å²) in [6, 6.07) is 11.0. The number of aliphatic hydroxyl groups excluding tert-OH is 1. The molecule has 2 aromatic heterocycles. The van der Waals surface area contributed by atoms with Gasteiger partial charge in [-0.25, -0.2) is 9.48 Å². The number of hydrogen-bond acceptors (Lipinski definition) is 6. The minimum Gasteiger partial charge on any atom is -0.464 e. The fourth-order valence-corrected chi connectivity index (χ4v) is 2.29. The maximum atomic E-state index is 11.4. The summed E-state index contributed by atoms with van der Waals surface area (Å²) >= 11 is 0. The van der Waals surface area contributed by atoms with Gasteiger partial charge in [-0.15, -0.1) is 5.10 Å². The standard InChI is InChI=1S/C16H17N5O3/c1-24-16(23)14-7-8-20(18-14)9-13-10-21(19-17-13)11-15(22)12-5-3-2-4-6-12/h2-8,10,15,22H,9,11H2,1H3. The van der Waals surface area contributed by atoms with E-state index in [9.17, 15) is 9.90 Å². The molecule has 3 aromatic rings. The van der Waals surface area contributed by atoms with Crippen LogP contribution in [0.1, 0.15) is 27.8 Å². The minimum atomic E-state index is -0.656. The third-order valence-corrected chi connectivity index (χ3v) is 3.49. The van der Waals surface area contributed by atoms with Crippen LogP contribution in [0, 0.1) is 0 Å². The lowest BCUT2D eigenvalue weighted by Crippen LogP contribution is -2.09. The van der Waals surface area contributed by atoms with Crippen molar-refractivity contribution in [2.75, 3.05) is 7.11 Å². The van der Waals surface area contributed by atoms with Crippen LogP contribution in [-0.2, 0) is 17.8 Å². The molecule has 1 unspecified atom stereocenters. The van der Waals surface area contributed by atoms with Crippen LogP contribution in [-0.4, -0.2) is 43.0 Å². The summed E-state index contributed by atoms with van der Waals surface area (Å²) in [6.45, 7) is 0.682. The Morgan fingerprint density at radius 1 is 1.25 bits per heavy atom. The first kappa shape index (κ1) is 15.9. The summed E-state index contributed by atoms with van der Waals surface area (Å²) in [5, 5.41) is 22.4. The number of rotatable bonds is 6. The van der Waals surface area contributed by atoms with E-state index in [2.05, 4.69) is 20.1 Å². The zero-order chi connectivity index (χ0) is 16.9. The van der Waals surface area contributed by atoms with Crippen LogP contribution in [0.5, 0.6) is 0 Å². The molecule has 0 aliphatic rings. The van der Waals surface area contributed by atoms with Crippen LogP contribution in [0.2, 0.25) is 0 Å². The van der Waals surface area contributed by atoms with E-state index in [0.29, 0.717) is 18.8 Å². The Hall–Kier alpha value is -3.00. The van der Waals surface area contributed by atoms with E-state index in [1.165, 1.54) is 7.11 Å². The normalized spacial score (nSPS) is 12.1. The molecule has 124 valence electrons. The Labute approximate surface area is 138 Å². The lowest BCUT2D eigenvalue weighted by atomic mass is 10.1. The number of carbonyl (C=O) groups is 1. The minimum absolute atomic E-state index is 0.240. The first-order valence-electron chi connectivity index (χ1n) is 7.39. The summed E-state index contributed by atoms with van der Waals surface area (Å²) in [5.41, 5.74) is 1.74. The highest BCUT2D eigenvalue weighted by molar-refractivity contribution is 5.86. The van der Waals surface area contributed by atoms with Gasteiger partial charge in [0.05, 0.1) is 32.5 Å². The molecule has 0 saturated heterocycles. The molecule has 0 fully saturated rings. The maximum Gasteiger partial charge on any atom is 0.358 e. The molecule has 1 N–H and O–H groups in total. The fraction of sp³-hybridized carbons (Fsp3) is 0.250. The molecule has 0 amide bonds. The summed E-state index contributed by atoms with van der Waals surface area (Å²) in [4.78, 5) is 11.4. The number of ether oxygens (including phenoxy) is 1. The number of aliphatic hydroxyl groups is 1. The Morgan fingerprint density at radius 3 is 2.79 bits per heavy atom. The van der Waals surface area contributed by atoms with Gasteiger partial charge in [0.2, 0.25) is 0 Å². The average Bonchev–Trinajstić information content (AvgIpc) is 3.25. The number of benzene rings is 1. The topological polar surface area (TPSA) is 95.1 Å². The van der Waals surface area contributed by atoms with Crippen molar-refractivity contribution in [1.29, 1.82) is 0 Å². The first-order valence-corrected chi connectivity index (χ1v) is 7.39. The largest absolute Gasteiger partial charge is 0.464 e. The number of esters is 1. The fourth-order valence-electron chi connectivity index (χ4n) is 2.29. The molecule has 0 aliphatic carbocycles. The molecule has 1 atom stereocenters. The molecule has 3 rings (SSSR count). The van der Waals surface area contributed by atoms with E-state index in [1.807, 2.05) is 30.3 Å². The van der Waals surface area contributed by atoms with E-state index in [1.54, 1.807) is 27.8 Å². The highest BCUT2D eigenvalue weighted by Crippen LogP contribution is 2.14. The van der Waals surface area contributed by atoms with Gasteiger partial charge in [0.15, 0.2) is 5.69 Å². The van der Waals surface area contributed by atoms with E-state index in [-0.39, 0.29) is 5.69 Å². The third-order valence-electron chi connectivity index (χ3n) is 3.49. The molecule has 0 spiro atoms. The van der Waals surface area contributed by atoms with Gasteiger partial charge in [-0.2, -0.15) is 5.10 Å². The van der Waals surface area contributed by atoms with Gasteiger partial charge in [-0.3, -0.25) is 4.68 Å². The number of aromatic nitrogens is 5. The van der Waals surface area contributed by atoms with Crippen LogP contribution in [0.3, 0.4) is 0 Å². The summed E-state index contributed by atoms with van der Waals surface area (Å²) in [5.74, 6) is -0.483. The number of methoxy groups -OCH3 is 1. The summed E-state index contributed by atoms with van der Waals surface area (Å²) < 4.78 is 7.77. The molecule has 1 aromatic carbocycles. The predicted octanol–water partition coefficient (Wildman–Crippen LogP) is 1.04. The van der Waals surface area contributed by atoms with Crippen molar-refractivity contribution < 1.29 is 14.6 Å². The Balaban J connectivity index is 1.63. The van der Waals surface area contributed by atoms with Crippen LogP contribution >= 0.6 is 0 Å². The van der Waals surface area contributed by atoms with E-state index in [4.69, 9.17) is 0 Å². The van der Waals surface area contributed by atoms with Gasteiger partial charge < -0.3 is 9.84 Å². The molecule has 0 radical (unpaired) electrons. The van der Waals surface area contributed by atoms with Crippen molar-refractivity contribution in [3.8, 4) is 0 Å². The molecule has 0 saturated carbocycles. The van der Waals surface area contributed by atoms with Crippen molar-refractivity contribution in [2.45, 2.75) is 19.2 Å². The number of carbonyl (C=O) groups excluding carboxylic acids is 1. The molecule has 24 heavy (non-hydrogen) atoms. The second-order valence-electron chi connectivity index (χ2n) is 5.25. The van der Waals surface area contributed by atoms with Crippen LogP contribution < -0.4 is 0 Å². The zero-order valence-corrected chi connectivity index (χ0v) is 13.1. The molecule has 2 heterocycles. The Kier molecular flexibility index (Phi) is 4.66. The van der Waals surface area contributed by atoms with E-state index >= 15 is 0 Å². The van der Waals surface area contributed by atoms with Gasteiger partial charge in [0, 0.05) is 6.20 Å². The Morgan fingerprint density at radius 2 is 2.04 bits per heavy atom. The average molecular weight is 327 g/mol. The number of nitrogens with zero attached hydrogens (tertiary/aromatic N) is 5. The molecule has 8 heteroatoms. The summed E-state index contributed by atoms with van der Waals surface area (Å²) in [6.07, 6.45) is 2.76. The van der Waals surface area contributed by atoms with Gasteiger partial charge in [-0.05, 0) is 11.6 Å². The molecular weight excluding hydrogens is 310 g/mol. The molecule has 0 aliphatic heterocycles. The molecule has 8 nitrogen and oxygen atoms in total. The van der Waals surface area contributed by atoms with Gasteiger partial charge in [0.25, 0.3) is 0 Å². The highest BCUT2D eigenvalue weighted by Gasteiger charge is 2.12. The monoisotopic (exact) mass is 327 g/mol. The third kappa shape index (κ3) is 3.66. The smallest absolute Gasteiger partial charge is 0.358 e. The second-order valence-corrected chi connectivity index (χ2v) is 5.25. The van der Waals surface area contributed by atoms with Crippen molar-refractivity contribution >= 4 is 5.97 Å². The van der Waals surface area contributed by atoms with Crippen molar-refractivity contribution in [2.24, 2.45) is 0 Å². The predicted molar refractivity (Wildman–Crippen MR) is 84.1 cm³/mol. The molecule has 0 bridgehead atoms.